The van der Waals surface area contributed by atoms with Gasteiger partial charge in [0.1, 0.15) is 0 Å². The molecule has 0 fully saturated rings. The second-order valence-corrected chi connectivity index (χ2v) is 5.38. The van der Waals surface area contributed by atoms with E-state index in [-0.39, 0.29) is 11.0 Å². The standard InChI is InChI=1S/C11H12N4O2S/c1-8-7-9(2)14-11(13-8)15-18(16,17)10-5-3-4-6-12-10/h3-7H,1-2H3,(H,13,14,15). The normalized spacial score (nSPS) is 11.2. The highest BCUT2D eigenvalue weighted by Crippen LogP contribution is 2.11. The van der Waals surface area contributed by atoms with Crippen molar-refractivity contribution in [3.63, 3.8) is 0 Å². The minimum absolute atomic E-state index is 0.0538. The third-order valence-corrected chi connectivity index (χ3v) is 3.36. The number of nitrogens with one attached hydrogen (secondary N) is 1. The number of sulfonamides is 1. The van der Waals surface area contributed by atoms with Crippen LogP contribution in [0.2, 0.25) is 0 Å². The van der Waals surface area contributed by atoms with Gasteiger partial charge in [-0.15, -0.1) is 0 Å². The van der Waals surface area contributed by atoms with Crippen molar-refractivity contribution in [2.24, 2.45) is 0 Å². The van der Waals surface area contributed by atoms with Crippen LogP contribution in [0.1, 0.15) is 11.4 Å². The van der Waals surface area contributed by atoms with Gasteiger partial charge in [-0.1, -0.05) is 6.07 Å². The van der Waals surface area contributed by atoms with Crippen molar-refractivity contribution in [1.82, 2.24) is 15.0 Å². The highest BCUT2D eigenvalue weighted by atomic mass is 32.2. The quantitative estimate of drug-likeness (QED) is 0.902. The summed E-state index contributed by atoms with van der Waals surface area (Å²) in [6.45, 7) is 3.54. The minimum Gasteiger partial charge on any atom is -0.246 e. The molecular weight excluding hydrogens is 252 g/mol. The average Bonchev–Trinajstić information content (AvgIpc) is 2.28. The first-order valence-corrected chi connectivity index (χ1v) is 6.72. The first-order valence-electron chi connectivity index (χ1n) is 5.23. The van der Waals surface area contributed by atoms with Gasteiger partial charge in [-0.05, 0) is 32.0 Å². The monoisotopic (exact) mass is 264 g/mol. The molecule has 0 aliphatic heterocycles. The van der Waals surface area contributed by atoms with Crippen LogP contribution in [0.15, 0.2) is 35.5 Å². The maximum absolute atomic E-state index is 12.0. The molecule has 0 aliphatic carbocycles. The van der Waals surface area contributed by atoms with Gasteiger partial charge in [-0.2, -0.15) is 8.42 Å². The molecule has 18 heavy (non-hydrogen) atoms. The second-order valence-electron chi connectivity index (χ2n) is 3.75. The van der Waals surface area contributed by atoms with Gasteiger partial charge in [-0.3, -0.25) is 0 Å². The van der Waals surface area contributed by atoms with Crippen molar-refractivity contribution >= 4 is 16.0 Å². The molecule has 2 aromatic rings. The van der Waals surface area contributed by atoms with Gasteiger partial charge in [0.05, 0.1) is 0 Å². The van der Waals surface area contributed by atoms with Crippen LogP contribution >= 0.6 is 0 Å². The van der Waals surface area contributed by atoms with Gasteiger partial charge in [0.15, 0.2) is 5.03 Å². The molecule has 0 unspecified atom stereocenters. The Hall–Kier alpha value is -2.02. The molecule has 0 saturated carbocycles. The molecule has 7 heteroatoms. The van der Waals surface area contributed by atoms with Gasteiger partial charge in [-0.25, -0.2) is 19.7 Å². The fourth-order valence-corrected chi connectivity index (χ4v) is 2.34. The van der Waals surface area contributed by atoms with E-state index < -0.39 is 10.0 Å². The summed E-state index contributed by atoms with van der Waals surface area (Å²) in [5, 5.41) is -0.0623. The molecule has 2 aromatic heterocycles. The van der Waals surface area contributed by atoms with E-state index in [1.165, 1.54) is 12.3 Å². The first-order chi connectivity index (χ1) is 8.47. The van der Waals surface area contributed by atoms with Crippen LogP contribution in [0.3, 0.4) is 0 Å². The Bertz CT molecular complexity index is 636. The van der Waals surface area contributed by atoms with Gasteiger partial charge in [0.25, 0.3) is 10.0 Å². The fourth-order valence-electron chi connectivity index (χ4n) is 1.45. The zero-order chi connectivity index (χ0) is 13.2. The molecular formula is C11H12N4O2S. The van der Waals surface area contributed by atoms with Crippen molar-refractivity contribution in [1.29, 1.82) is 0 Å². The van der Waals surface area contributed by atoms with Gasteiger partial charge in [0, 0.05) is 17.6 Å². The molecule has 6 nitrogen and oxygen atoms in total. The van der Waals surface area contributed by atoms with Crippen LogP contribution in [-0.4, -0.2) is 23.4 Å². The lowest BCUT2D eigenvalue weighted by atomic mass is 10.4. The van der Waals surface area contributed by atoms with Gasteiger partial charge >= 0.3 is 0 Å². The predicted octanol–water partition coefficient (Wildman–Crippen LogP) is 1.29. The third kappa shape index (κ3) is 2.80. The maximum atomic E-state index is 12.0. The lowest BCUT2D eigenvalue weighted by molar-refractivity contribution is 0.597. The van der Waals surface area contributed by atoms with Crippen molar-refractivity contribution in [2.45, 2.75) is 18.9 Å². The Balaban J connectivity index is 2.34. The largest absolute Gasteiger partial charge is 0.281 e. The van der Waals surface area contributed by atoms with Crippen LogP contribution < -0.4 is 4.72 Å². The highest BCUT2D eigenvalue weighted by molar-refractivity contribution is 7.92. The summed E-state index contributed by atoms with van der Waals surface area (Å²) >= 11 is 0. The molecule has 0 atom stereocenters. The molecule has 0 saturated heterocycles. The second kappa shape index (κ2) is 4.69. The number of hydrogen-bond acceptors (Lipinski definition) is 5. The van der Waals surface area contributed by atoms with E-state index in [2.05, 4.69) is 19.7 Å². The molecule has 0 aromatic carbocycles. The maximum Gasteiger partial charge on any atom is 0.281 e. The van der Waals surface area contributed by atoms with E-state index in [4.69, 9.17) is 0 Å². The number of nitrogens with zero attached hydrogens (tertiary/aromatic N) is 3. The fraction of sp³-hybridized carbons (Fsp3) is 0.182. The molecule has 0 amide bonds. The van der Waals surface area contributed by atoms with E-state index >= 15 is 0 Å². The highest BCUT2D eigenvalue weighted by Gasteiger charge is 2.16. The summed E-state index contributed by atoms with van der Waals surface area (Å²) in [4.78, 5) is 11.8. The average molecular weight is 264 g/mol. The number of rotatable bonds is 3. The zero-order valence-corrected chi connectivity index (χ0v) is 10.8. The molecule has 0 radical (unpaired) electrons. The summed E-state index contributed by atoms with van der Waals surface area (Å²) in [6, 6.07) is 6.42. The number of hydrogen-bond donors (Lipinski definition) is 1. The third-order valence-electron chi connectivity index (χ3n) is 2.12. The van der Waals surface area contributed by atoms with E-state index in [1.807, 2.05) is 0 Å². The topological polar surface area (TPSA) is 84.8 Å². The summed E-state index contributed by atoms with van der Waals surface area (Å²) in [7, 11) is -3.73. The summed E-state index contributed by atoms with van der Waals surface area (Å²) in [5.41, 5.74) is 1.39. The SMILES string of the molecule is Cc1cc(C)nc(NS(=O)(=O)c2ccccn2)n1. The van der Waals surface area contributed by atoms with Crippen molar-refractivity contribution in [2.75, 3.05) is 4.72 Å². The minimum atomic E-state index is -3.73. The lowest BCUT2D eigenvalue weighted by Crippen LogP contribution is -2.16. The molecule has 2 heterocycles. The molecule has 1 N–H and O–H groups in total. The number of pyridine rings is 1. The molecule has 94 valence electrons. The Labute approximate surface area is 105 Å². The van der Waals surface area contributed by atoms with E-state index in [9.17, 15) is 8.42 Å². The Morgan fingerprint density at radius 3 is 2.33 bits per heavy atom. The molecule has 0 aliphatic rings. The Morgan fingerprint density at radius 2 is 1.78 bits per heavy atom. The Kier molecular flexibility index (Phi) is 3.24. The van der Waals surface area contributed by atoms with Crippen LogP contribution in [0.25, 0.3) is 0 Å². The summed E-state index contributed by atoms with van der Waals surface area (Å²) < 4.78 is 26.2. The van der Waals surface area contributed by atoms with Crippen LogP contribution in [0.5, 0.6) is 0 Å². The number of aromatic nitrogens is 3. The predicted molar refractivity (Wildman–Crippen MR) is 66.6 cm³/mol. The lowest BCUT2D eigenvalue weighted by Gasteiger charge is -2.06. The van der Waals surface area contributed by atoms with E-state index in [0.29, 0.717) is 11.4 Å². The first kappa shape index (κ1) is 12.4. The van der Waals surface area contributed by atoms with E-state index in [1.54, 1.807) is 32.0 Å². The summed E-state index contributed by atoms with van der Waals surface area (Å²) in [6.07, 6.45) is 1.41. The van der Waals surface area contributed by atoms with Crippen LogP contribution in [0, 0.1) is 13.8 Å². The van der Waals surface area contributed by atoms with Crippen molar-refractivity contribution in [3.8, 4) is 0 Å². The van der Waals surface area contributed by atoms with Gasteiger partial charge < -0.3 is 0 Å². The van der Waals surface area contributed by atoms with E-state index in [0.717, 1.165) is 0 Å². The van der Waals surface area contributed by atoms with Crippen molar-refractivity contribution < 1.29 is 8.42 Å². The van der Waals surface area contributed by atoms with Gasteiger partial charge in [0.2, 0.25) is 5.95 Å². The zero-order valence-electron chi connectivity index (χ0n) is 9.95. The molecule has 0 spiro atoms. The summed E-state index contributed by atoms with van der Waals surface area (Å²) in [5.74, 6) is 0.0538. The number of aryl methyl sites for hydroxylation is 2. The molecule has 2 rings (SSSR count). The number of anilines is 1. The molecule has 0 bridgehead atoms. The Morgan fingerprint density at radius 1 is 1.11 bits per heavy atom. The smallest absolute Gasteiger partial charge is 0.246 e. The van der Waals surface area contributed by atoms with Crippen molar-refractivity contribution in [3.05, 3.63) is 41.9 Å². The van der Waals surface area contributed by atoms with Crippen LogP contribution in [-0.2, 0) is 10.0 Å². The van der Waals surface area contributed by atoms with Crippen LogP contribution in [0.4, 0.5) is 5.95 Å².